The Labute approximate surface area is 172 Å². The van der Waals surface area contributed by atoms with E-state index in [0.717, 1.165) is 25.7 Å². The van der Waals surface area contributed by atoms with Crippen LogP contribution in [0.4, 0.5) is 4.79 Å². The van der Waals surface area contributed by atoms with E-state index in [2.05, 4.69) is 19.2 Å². The maximum Gasteiger partial charge on any atom is 0.409 e. The Balaban J connectivity index is 2.02. The van der Waals surface area contributed by atoms with Gasteiger partial charge >= 0.3 is 6.09 Å². The van der Waals surface area contributed by atoms with Gasteiger partial charge in [-0.3, -0.25) is 14.9 Å². The van der Waals surface area contributed by atoms with Crippen molar-refractivity contribution >= 4 is 17.9 Å². The number of nitrogens with zero attached hydrogens (tertiary/aromatic N) is 1. The number of carbonyl (C=O) groups is 3. The predicted octanol–water partition coefficient (Wildman–Crippen LogP) is 3.29. The van der Waals surface area contributed by atoms with Crippen molar-refractivity contribution in [2.24, 2.45) is 17.1 Å². The summed E-state index contributed by atoms with van der Waals surface area (Å²) < 4.78 is 5.37. The summed E-state index contributed by atoms with van der Waals surface area (Å²) in [4.78, 5) is 39.5. The molecule has 29 heavy (non-hydrogen) atoms. The molecule has 1 aromatic rings. The second-order valence-electron chi connectivity index (χ2n) is 8.83. The summed E-state index contributed by atoms with van der Waals surface area (Å²) in [5.74, 6) is -0.975. The van der Waals surface area contributed by atoms with Gasteiger partial charge in [0.1, 0.15) is 5.66 Å². The molecule has 3 N–H and O–H groups in total. The first-order chi connectivity index (χ1) is 13.7. The number of alkyl carbamates (subject to hydrolysis) is 1. The SMILES string of the molecule is CCCCCC1N(C(=O)c2ccccc2C(N)=O)[C@@]12NC(=O)OCC(C)(C)[C@@H]2C. The fourth-order valence-corrected chi connectivity index (χ4v) is 4.55. The van der Waals surface area contributed by atoms with Crippen molar-refractivity contribution in [3.8, 4) is 0 Å². The van der Waals surface area contributed by atoms with Crippen LogP contribution in [-0.2, 0) is 4.74 Å². The zero-order chi connectivity index (χ0) is 21.4. The van der Waals surface area contributed by atoms with Crippen LogP contribution in [0.15, 0.2) is 24.3 Å². The summed E-state index contributed by atoms with van der Waals surface area (Å²) in [5.41, 5.74) is 4.80. The minimum absolute atomic E-state index is 0.0437. The Morgan fingerprint density at radius 2 is 1.90 bits per heavy atom. The first-order valence-electron chi connectivity index (χ1n) is 10.3. The molecular formula is C22H31N3O4. The number of nitrogens with one attached hydrogen (secondary N) is 1. The number of ether oxygens (including phenoxy) is 1. The highest BCUT2D eigenvalue weighted by molar-refractivity contribution is 6.08. The lowest BCUT2D eigenvalue weighted by Crippen LogP contribution is -2.49. The van der Waals surface area contributed by atoms with E-state index in [1.54, 1.807) is 29.2 Å². The van der Waals surface area contributed by atoms with E-state index in [0.29, 0.717) is 0 Å². The van der Waals surface area contributed by atoms with Crippen molar-refractivity contribution in [2.75, 3.05) is 6.61 Å². The number of nitrogens with two attached hydrogens (primary N) is 1. The van der Waals surface area contributed by atoms with Crippen LogP contribution in [0.3, 0.4) is 0 Å². The van der Waals surface area contributed by atoms with Crippen molar-refractivity contribution < 1.29 is 19.1 Å². The van der Waals surface area contributed by atoms with E-state index >= 15 is 0 Å². The molecule has 1 unspecified atom stereocenters. The molecule has 2 aliphatic rings. The minimum atomic E-state index is -0.827. The summed E-state index contributed by atoms with van der Waals surface area (Å²) in [6, 6.07) is 6.41. The van der Waals surface area contributed by atoms with Crippen LogP contribution in [0, 0.1) is 11.3 Å². The molecule has 0 aromatic heterocycles. The number of primary amides is 1. The average Bonchev–Trinajstić information content (AvgIpc) is 3.33. The first kappa shape index (κ1) is 21.1. The van der Waals surface area contributed by atoms with E-state index in [1.807, 2.05) is 13.8 Å². The lowest BCUT2D eigenvalue weighted by Gasteiger charge is -2.33. The van der Waals surface area contributed by atoms with Crippen molar-refractivity contribution in [1.82, 2.24) is 10.2 Å². The summed E-state index contributed by atoms with van der Waals surface area (Å²) in [6.45, 7) is 8.54. The Hall–Kier alpha value is -2.57. The minimum Gasteiger partial charge on any atom is -0.449 e. The summed E-state index contributed by atoms with van der Waals surface area (Å²) in [7, 11) is 0. The Kier molecular flexibility index (Phi) is 5.61. The van der Waals surface area contributed by atoms with Crippen molar-refractivity contribution in [2.45, 2.75) is 65.1 Å². The molecule has 7 nitrogen and oxygen atoms in total. The van der Waals surface area contributed by atoms with Gasteiger partial charge < -0.3 is 15.4 Å². The lowest BCUT2D eigenvalue weighted by atomic mass is 9.74. The molecule has 3 rings (SSSR count). The largest absolute Gasteiger partial charge is 0.449 e. The van der Waals surface area contributed by atoms with Crippen LogP contribution in [0.5, 0.6) is 0 Å². The Morgan fingerprint density at radius 3 is 2.52 bits per heavy atom. The van der Waals surface area contributed by atoms with Gasteiger partial charge in [0.05, 0.1) is 23.8 Å². The maximum absolute atomic E-state index is 13.6. The number of amides is 3. The molecule has 3 amide bonds. The molecule has 1 aromatic carbocycles. The number of benzene rings is 1. The van der Waals surface area contributed by atoms with Crippen LogP contribution in [-0.4, -0.2) is 41.1 Å². The van der Waals surface area contributed by atoms with Gasteiger partial charge in [0, 0.05) is 11.3 Å². The smallest absolute Gasteiger partial charge is 0.409 e. The lowest BCUT2D eigenvalue weighted by molar-refractivity contribution is 0.0706. The van der Waals surface area contributed by atoms with Crippen molar-refractivity contribution in [1.29, 1.82) is 0 Å². The second-order valence-corrected chi connectivity index (χ2v) is 8.83. The van der Waals surface area contributed by atoms with Gasteiger partial charge in [0.2, 0.25) is 5.91 Å². The molecule has 2 heterocycles. The molecule has 0 bridgehead atoms. The summed E-state index contributed by atoms with van der Waals surface area (Å²) >= 11 is 0. The third-order valence-corrected chi connectivity index (χ3v) is 6.58. The van der Waals surface area contributed by atoms with Crippen LogP contribution >= 0.6 is 0 Å². The van der Waals surface area contributed by atoms with Gasteiger partial charge in [-0.15, -0.1) is 0 Å². The molecular weight excluding hydrogens is 370 g/mol. The number of hydrogen-bond donors (Lipinski definition) is 2. The van der Waals surface area contributed by atoms with Crippen molar-refractivity contribution in [3.05, 3.63) is 35.4 Å². The molecule has 3 atom stereocenters. The third-order valence-electron chi connectivity index (χ3n) is 6.58. The van der Waals surface area contributed by atoms with Crippen LogP contribution in [0.2, 0.25) is 0 Å². The topological polar surface area (TPSA) is 101 Å². The van der Waals surface area contributed by atoms with E-state index in [4.69, 9.17) is 10.5 Å². The zero-order valence-electron chi connectivity index (χ0n) is 17.7. The third kappa shape index (κ3) is 3.58. The van der Waals surface area contributed by atoms with E-state index < -0.39 is 17.7 Å². The average molecular weight is 402 g/mol. The first-order valence-corrected chi connectivity index (χ1v) is 10.3. The molecule has 1 spiro atoms. The molecule has 0 radical (unpaired) electrons. The maximum atomic E-state index is 13.6. The number of carbonyl (C=O) groups excluding carboxylic acids is 3. The van der Waals surface area contributed by atoms with Gasteiger partial charge in [0.15, 0.2) is 0 Å². The van der Waals surface area contributed by atoms with Crippen LogP contribution < -0.4 is 11.1 Å². The highest BCUT2D eigenvalue weighted by Gasteiger charge is 2.71. The van der Waals surface area contributed by atoms with Gasteiger partial charge in [-0.25, -0.2) is 4.79 Å². The van der Waals surface area contributed by atoms with Gasteiger partial charge in [-0.05, 0) is 18.6 Å². The number of rotatable bonds is 6. The predicted molar refractivity (Wildman–Crippen MR) is 109 cm³/mol. The highest BCUT2D eigenvalue weighted by atomic mass is 16.6. The quantitative estimate of drug-likeness (QED) is 0.564. The number of unbranched alkanes of at least 4 members (excludes halogenated alkanes) is 2. The molecule has 2 aliphatic heterocycles. The highest BCUT2D eigenvalue weighted by Crippen LogP contribution is 2.54. The van der Waals surface area contributed by atoms with Gasteiger partial charge in [-0.2, -0.15) is 0 Å². The number of hydrogen-bond acceptors (Lipinski definition) is 4. The van der Waals surface area contributed by atoms with Crippen LogP contribution in [0.1, 0.15) is 74.1 Å². The summed E-state index contributed by atoms with van der Waals surface area (Å²) in [6.07, 6.45) is 3.33. The Morgan fingerprint density at radius 1 is 1.24 bits per heavy atom. The molecule has 2 saturated heterocycles. The summed E-state index contributed by atoms with van der Waals surface area (Å²) in [5, 5.41) is 2.99. The van der Waals surface area contributed by atoms with Crippen molar-refractivity contribution in [3.63, 3.8) is 0 Å². The fourth-order valence-electron chi connectivity index (χ4n) is 4.55. The van der Waals surface area contributed by atoms with Gasteiger partial charge in [0.25, 0.3) is 5.91 Å². The van der Waals surface area contributed by atoms with Crippen LogP contribution in [0.25, 0.3) is 0 Å². The Bertz CT molecular complexity index is 822. The normalized spacial score (nSPS) is 27.7. The molecule has 2 fully saturated rings. The van der Waals surface area contributed by atoms with E-state index in [-0.39, 0.29) is 41.0 Å². The second kappa shape index (κ2) is 7.69. The van der Waals surface area contributed by atoms with E-state index in [9.17, 15) is 14.4 Å². The molecule has 0 saturated carbocycles. The molecule has 0 aliphatic carbocycles. The van der Waals surface area contributed by atoms with E-state index in [1.165, 1.54) is 0 Å². The molecule has 7 heteroatoms. The monoisotopic (exact) mass is 401 g/mol. The fraction of sp³-hybridized carbons (Fsp3) is 0.591. The standard InChI is InChI=1S/C22H31N3O4/c1-5-6-7-12-17-22(14(2)21(3,4)13-29-20(28)24-22)25(17)19(27)16-11-9-8-10-15(16)18(23)26/h8-11,14,17H,5-7,12-13H2,1-4H3,(H2,23,26)(H,24,28)/t14-,17?,22+,25?/m0/s1. The van der Waals surface area contributed by atoms with Gasteiger partial charge in [-0.1, -0.05) is 59.1 Å². The molecule has 158 valence electrons. The number of cyclic esters (lactones) is 1. The zero-order valence-corrected chi connectivity index (χ0v) is 17.7.